The Morgan fingerprint density at radius 3 is 2.38 bits per heavy atom. The molecule has 5 heteroatoms. The van der Waals surface area contributed by atoms with Crippen molar-refractivity contribution in [1.29, 1.82) is 5.26 Å². The van der Waals surface area contributed by atoms with E-state index in [1.54, 1.807) is 30.0 Å². The van der Waals surface area contributed by atoms with E-state index in [4.69, 9.17) is 10.1 Å². The minimum absolute atomic E-state index is 0.276. The lowest BCUT2D eigenvalue weighted by atomic mass is 9.99. The molecule has 0 aliphatic heterocycles. The lowest BCUT2D eigenvalue weighted by molar-refractivity contribution is 0.0537. The normalized spacial score (nSPS) is 10.2. The molecule has 0 radical (unpaired) electrons. The highest BCUT2D eigenvalue weighted by Crippen LogP contribution is 2.37. The van der Waals surface area contributed by atoms with Crippen molar-refractivity contribution in [1.82, 2.24) is 5.48 Å². The van der Waals surface area contributed by atoms with Crippen molar-refractivity contribution in [2.75, 3.05) is 7.11 Å². The van der Waals surface area contributed by atoms with Gasteiger partial charge in [0.2, 0.25) is 0 Å². The maximum Gasteiger partial charge on any atom is 0.274 e. The number of amides is 1. The van der Waals surface area contributed by atoms with Gasteiger partial charge in [-0.3, -0.25) is 9.63 Å². The molecule has 0 aromatic heterocycles. The van der Waals surface area contributed by atoms with Crippen molar-refractivity contribution in [3.05, 3.63) is 101 Å². The molecule has 1 amide bonds. The number of benzene rings is 3. The topological polar surface area (TPSA) is 62.1 Å². The Morgan fingerprint density at radius 1 is 1.03 bits per heavy atom. The average molecular weight is 401 g/mol. The molecule has 144 valence electrons. The van der Waals surface area contributed by atoms with E-state index in [-0.39, 0.29) is 5.91 Å². The summed E-state index contributed by atoms with van der Waals surface area (Å²) >= 11 is 1.63. The summed E-state index contributed by atoms with van der Waals surface area (Å²) in [6, 6.07) is 23.2. The van der Waals surface area contributed by atoms with Crippen molar-refractivity contribution in [3.8, 4) is 6.07 Å². The molecule has 0 spiro atoms. The smallest absolute Gasteiger partial charge is 0.274 e. The number of hydrogen-bond acceptors (Lipinski definition) is 4. The predicted molar refractivity (Wildman–Crippen MR) is 116 cm³/mol. The van der Waals surface area contributed by atoms with E-state index < -0.39 is 0 Å². The highest BCUT2D eigenvalue weighted by molar-refractivity contribution is 7.99. The second-order valence-electron chi connectivity index (χ2n) is 6.38. The molecule has 1 N–H and O–H groups in total. The van der Waals surface area contributed by atoms with Crippen LogP contribution in [0.2, 0.25) is 0 Å². The number of carbonyl (C=O) groups excluding carboxylic acids is 1. The Morgan fingerprint density at radius 2 is 1.72 bits per heavy atom. The van der Waals surface area contributed by atoms with Crippen LogP contribution in [0.3, 0.4) is 0 Å². The summed E-state index contributed by atoms with van der Waals surface area (Å²) in [5, 5.41) is 8.99. The van der Waals surface area contributed by atoms with Gasteiger partial charge >= 0.3 is 0 Å². The summed E-state index contributed by atoms with van der Waals surface area (Å²) in [5.74, 6) is -0.276. The third-order valence-corrected chi connectivity index (χ3v) is 5.68. The van der Waals surface area contributed by atoms with Crippen LogP contribution in [0.15, 0.2) is 83.1 Å². The molecule has 0 bridgehead atoms. The first-order valence-electron chi connectivity index (χ1n) is 8.94. The number of nitriles is 1. The molecule has 0 saturated carbocycles. The van der Waals surface area contributed by atoms with Crippen LogP contribution in [0.4, 0.5) is 0 Å². The fourth-order valence-corrected chi connectivity index (χ4v) is 3.92. The SMILES string of the molecule is C=C(c1ccc(C#N)cc1)c1ccccc1Sc1ccc(C(=O)NOC)cc1C. The zero-order valence-corrected chi connectivity index (χ0v) is 17.0. The molecule has 0 heterocycles. The molecule has 0 fully saturated rings. The largest absolute Gasteiger partial charge is 0.277 e. The van der Waals surface area contributed by atoms with Gasteiger partial charge in [0, 0.05) is 15.4 Å². The lowest BCUT2D eigenvalue weighted by Gasteiger charge is -2.14. The first kappa shape index (κ1) is 20.4. The first-order chi connectivity index (χ1) is 14.0. The zero-order valence-electron chi connectivity index (χ0n) is 16.2. The van der Waals surface area contributed by atoms with Gasteiger partial charge in [0.15, 0.2) is 0 Å². The van der Waals surface area contributed by atoms with Gasteiger partial charge in [0.25, 0.3) is 5.91 Å². The third-order valence-electron chi connectivity index (χ3n) is 4.43. The number of hydrogen-bond donors (Lipinski definition) is 1. The lowest BCUT2D eigenvalue weighted by Crippen LogP contribution is -2.21. The predicted octanol–water partition coefficient (Wildman–Crippen LogP) is 5.37. The van der Waals surface area contributed by atoms with E-state index in [0.29, 0.717) is 11.1 Å². The molecule has 3 aromatic carbocycles. The van der Waals surface area contributed by atoms with Gasteiger partial charge < -0.3 is 0 Å². The molecule has 4 nitrogen and oxygen atoms in total. The molecule has 0 unspecified atom stereocenters. The number of hydroxylamine groups is 1. The van der Waals surface area contributed by atoms with Crippen LogP contribution in [-0.2, 0) is 4.84 Å². The van der Waals surface area contributed by atoms with Crippen LogP contribution in [0.25, 0.3) is 5.57 Å². The Labute approximate surface area is 174 Å². The third kappa shape index (κ3) is 4.75. The Hall–Kier alpha value is -3.33. The summed E-state index contributed by atoms with van der Waals surface area (Å²) in [5.41, 5.74) is 7.39. The van der Waals surface area contributed by atoms with Gasteiger partial charge in [-0.25, -0.2) is 5.48 Å². The number of aryl methyl sites for hydroxylation is 1. The van der Waals surface area contributed by atoms with Gasteiger partial charge in [-0.05, 0) is 65.6 Å². The van der Waals surface area contributed by atoms with Crippen molar-refractivity contribution in [3.63, 3.8) is 0 Å². The maximum atomic E-state index is 11.9. The molecule has 0 atom stereocenters. The minimum atomic E-state index is -0.276. The molecule has 0 saturated heterocycles. The Balaban J connectivity index is 1.88. The van der Waals surface area contributed by atoms with Crippen LogP contribution in [-0.4, -0.2) is 13.0 Å². The monoisotopic (exact) mass is 400 g/mol. The first-order valence-corrected chi connectivity index (χ1v) is 9.76. The fraction of sp³-hybridized carbons (Fsp3) is 0.0833. The van der Waals surface area contributed by atoms with Crippen LogP contribution in [0.1, 0.15) is 32.6 Å². The van der Waals surface area contributed by atoms with E-state index >= 15 is 0 Å². The summed E-state index contributed by atoms with van der Waals surface area (Å²) in [4.78, 5) is 18.8. The van der Waals surface area contributed by atoms with E-state index in [0.717, 1.165) is 32.1 Å². The molecule has 0 aliphatic carbocycles. The summed E-state index contributed by atoms with van der Waals surface area (Å²) < 4.78 is 0. The zero-order chi connectivity index (χ0) is 20.8. The van der Waals surface area contributed by atoms with E-state index in [1.165, 1.54) is 7.11 Å². The van der Waals surface area contributed by atoms with Gasteiger partial charge in [-0.2, -0.15) is 5.26 Å². The van der Waals surface area contributed by atoms with E-state index in [2.05, 4.69) is 24.2 Å². The molecular weight excluding hydrogens is 380 g/mol. The average Bonchev–Trinajstić information content (AvgIpc) is 2.75. The van der Waals surface area contributed by atoms with Gasteiger partial charge in [-0.1, -0.05) is 48.7 Å². The van der Waals surface area contributed by atoms with Gasteiger partial charge in [0.05, 0.1) is 18.7 Å². The summed E-state index contributed by atoms with van der Waals surface area (Å²) in [6.07, 6.45) is 0. The van der Waals surface area contributed by atoms with Crippen molar-refractivity contribution < 1.29 is 9.63 Å². The van der Waals surface area contributed by atoms with Crippen LogP contribution in [0, 0.1) is 18.3 Å². The summed E-state index contributed by atoms with van der Waals surface area (Å²) in [7, 11) is 1.41. The van der Waals surface area contributed by atoms with Crippen LogP contribution in [0.5, 0.6) is 0 Å². The van der Waals surface area contributed by atoms with E-state index in [9.17, 15) is 4.79 Å². The van der Waals surface area contributed by atoms with E-state index in [1.807, 2.05) is 49.4 Å². The second kappa shape index (κ2) is 9.24. The fourth-order valence-electron chi connectivity index (χ4n) is 2.88. The molecule has 3 rings (SSSR count). The van der Waals surface area contributed by atoms with Crippen LogP contribution >= 0.6 is 11.8 Å². The molecule has 29 heavy (non-hydrogen) atoms. The summed E-state index contributed by atoms with van der Waals surface area (Å²) in [6.45, 7) is 6.25. The second-order valence-corrected chi connectivity index (χ2v) is 7.47. The highest BCUT2D eigenvalue weighted by Gasteiger charge is 2.12. The number of nitrogens with zero attached hydrogens (tertiary/aromatic N) is 1. The molecule has 3 aromatic rings. The number of rotatable bonds is 6. The quantitative estimate of drug-likeness (QED) is 0.565. The number of nitrogens with one attached hydrogen (secondary N) is 1. The Bertz CT molecular complexity index is 1100. The van der Waals surface area contributed by atoms with Crippen molar-refractivity contribution in [2.45, 2.75) is 16.7 Å². The minimum Gasteiger partial charge on any atom is -0.277 e. The van der Waals surface area contributed by atoms with Crippen molar-refractivity contribution in [2.24, 2.45) is 0 Å². The maximum absolute atomic E-state index is 11.9. The van der Waals surface area contributed by atoms with Gasteiger partial charge in [-0.15, -0.1) is 0 Å². The highest BCUT2D eigenvalue weighted by atomic mass is 32.2. The van der Waals surface area contributed by atoms with Crippen LogP contribution < -0.4 is 5.48 Å². The molecule has 0 aliphatic rings. The Kier molecular flexibility index (Phi) is 6.50. The van der Waals surface area contributed by atoms with Gasteiger partial charge in [0.1, 0.15) is 0 Å². The standard InChI is InChI=1S/C24H20N2O2S/c1-16-14-20(24(27)26-28-3)12-13-22(16)29-23-7-5-4-6-21(23)17(2)19-10-8-18(15-25)9-11-19/h4-14H,2H2,1,3H3,(H,26,27). The van der Waals surface area contributed by atoms with Crippen molar-refractivity contribution >= 4 is 23.2 Å². The molecular formula is C24H20N2O2S. The number of carbonyl (C=O) groups is 1.